The van der Waals surface area contributed by atoms with E-state index in [0.717, 1.165) is 6.42 Å². The van der Waals surface area contributed by atoms with E-state index >= 15 is 0 Å². The predicted octanol–water partition coefficient (Wildman–Crippen LogP) is -0.603. The summed E-state index contributed by atoms with van der Waals surface area (Å²) in [4.78, 5) is 33.3. The minimum atomic E-state index is -1.15. The van der Waals surface area contributed by atoms with E-state index in [1.807, 2.05) is 0 Å². The summed E-state index contributed by atoms with van der Waals surface area (Å²) in [6.45, 7) is 0.354. The van der Waals surface area contributed by atoms with E-state index in [-0.39, 0.29) is 18.9 Å². The van der Waals surface area contributed by atoms with Gasteiger partial charge in [-0.15, -0.1) is 0 Å². The zero-order chi connectivity index (χ0) is 15.2. The molecule has 1 amide bonds. The monoisotopic (exact) mass is 294 g/mol. The molecule has 0 saturated carbocycles. The highest BCUT2D eigenvalue weighted by atomic mass is 16.4. The molecule has 114 valence electrons. The van der Waals surface area contributed by atoms with Gasteiger partial charge in [0.2, 0.25) is 11.9 Å². The van der Waals surface area contributed by atoms with Gasteiger partial charge in [-0.3, -0.25) is 4.79 Å². The van der Waals surface area contributed by atoms with Crippen LogP contribution in [0, 0.1) is 0 Å². The van der Waals surface area contributed by atoms with E-state index in [0.29, 0.717) is 18.9 Å². The van der Waals surface area contributed by atoms with Gasteiger partial charge in [-0.1, -0.05) is 0 Å². The van der Waals surface area contributed by atoms with Gasteiger partial charge < -0.3 is 20.4 Å². The number of amides is 1. The molecule has 1 fully saturated rings. The van der Waals surface area contributed by atoms with Crippen LogP contribution < -0.4 is 10.2 Å². The van der Waals surface area contributed by atoms with Gasteiger partial charge in [0.1, 0.15) is 12.1 Å². The molecule has 1 aliphatic heterocycles. The zero-order valence-corrected chi connectivity index (χ0v) is 11.5. The number of aliphatic carboxylic acids is 1. The lowest BCUT2D eigenvalue weighted by Gasteiger charge is -2.25. The number of carbonyl (C=O) groups is 2. The Kier molecular flexibility index (Phi) is 5.04. The summed E-state index contributed by atoms with van der Waals surface area (Å²) in [6, 6.07) is 0.130. The standard InChI is InChI=1S/C13H18N4O4/c18-8-4-9(12(20)21)16-11(19)10-3-1-7-17(10)13-14-5-2-6-15-13/h2,5-6,9-10,18H,1,3-4,7-8H2,(H,16,19)(H,20,21)/t9-,10?/m0/s1. The molecule has 0 spiro atoms. The average molecular weight is 294 g/mol. The minimum absolute atomic E-state index is 0.0182. The lowest BCUT2D eigenvalue weighted by molar-refractivity contribution is -0.142. The van der Waals surface area contributed by atoms with Crippen LogP contribution in [0.4, 0.5) is 5.95 Å². The highest BCUT2D eigenvalue weighted by molar-refractivity contribution is 5.89. The first-order chi connectivity index (χ1) is 10.1. The second-order valence-corrected chi connectivity index (χ2v) is 4.81. The Labute approximate surface area is 121 Å². The largest absolute Gasteiger partial charge is 0.480 e. The molecule has 2 heterocycles. The first kappa shape index (κ1) is 15.2. The number of nitrogens with one attached hydrogen (secondary N) is 1. The van der Waals surface area contributed by atoms with Crippen LogP contribution in [-0.2, 0) is 9.59 Å². The van der Waals surface area contributed by atoms with Gasteiger partial charge in [-0.05, 0) is 18.9 Å². The van der Waals surface area contributed by atoms with Crippen LogP contribution in [-0.4, -0.2) is 57.3 Å². The molecular formula is C13H18N4O4. The van der Waals surface area contributed by atoms with Gasteiger partial charge in [0.15, 0.2) is 0 Å². The normalized spacial score (nSPS) is 19.3. The number of aliphatic hydroxyl groups is 1. The van der Waals surface area contributed by atoms with Crippen LogP contribution in [0.15, 0.2) is 18.5 Å². The SMILES string of the molecule is O=C(N[C@@H](CCO)C(=O)O)C1CCCN1c1ncccn1. The number of aliphatic hydroxyl groups excluding tert-OH is 1. The van der Waals surface area contributed by atoms with E-state index in [1.165, 1.54) is 0 Å². The molecule has 3 N–H and O–H groups in total. The maximum Gasteiger partial charge on any atom is 0.326 e. The lowest BCUT2D eigenvalue weighted by Crippen LogP contribution is -2.50. The Balaban J connectivity index is 2.05. The number of rotatable bonds is 6. The van der Waals surface area contributed by atoms with Crippen molar-refractivity contribution in [2.75, 3.05) is 18.1 Å². The Morgan fingerprint density at radius 2 is 2.14 bits per heavy atom. The van der Waals surface area contributed by atoms with Crippen LogP contribution in [0.5, 0.6) is 0 Å². The van der Waals surface area contributed by atoms with Crippen LogP contribution in [0.25, 0.3) is 0 Å². The smallest absolute Gasteiger partial charge is 0.326 e. The van der Waals surface area contributed by atoms with Crippen molar-refractivity contribution in [3.8, 4) is 0 Å². The molecule has 2 atom stereocenters. The van der Waals surface area contributed by atoms with Gasteiger partial charge in [-0.2, -0.15) is 0 Å². The van der Waals surface area contributed by atoms with Crippen molar-refractivity contribution in [2.45, 2.75) is 31.3 Å². The van der Waals surface area contributed by atoms with E-state index in [2.05, 4.69) is 15.3 Å². The van der Waals surface area contributed by atoms with Crippen molar-refractivity contribution in [3.05, 3.63) is 18.5 Å². The summed E-state index contributed by atoms with van der Waals surface area (Å²) in [5.41, 5.74) is 0. The molecule has 1 unspecified atom stereocenters. The molecule has 21 heavy (non-hydrogen) atoms. The van der Waals surface area contributed by atoms with Gasteiger partial charge in [-0.25, -0.2) is 14.8 Å². The topological polar surface area (TPSA) is 116 Å². The first-order valence-electron chi connectivity index (χ1n) is 6.81. The third kappa shape index (κ3) is 3.66. The minimum Gasteiger partial charge on any atom is -0.480 e. The number of anilines is 1. The second-order valence-electron chi connectivity index (χ2n) is 4.81. The van der Waals surface area contributed by atoms with Crippen molar-refractivity contribution in [1.29, 1.82) is 0 Å². The highest BCUT2D eigenvalue weighted by Gasteiger charge is 2.34. The summed E-state index contributed by atoms with van der Waals surface area (Å²) < 4.78 is 0. The molecule has 8 nitrogen and oxygen atoms in total. The molecule has 0 aliphatic carbocycles. The molecule has 0 bridgehead atoms. The van der Waals surface area contributed by atoms with Crippen LogP contribution >= 0.6 is 0 Å². The molecular weight excluding hydrogens is 276 g/mol. The quantitative estimate of drug-likeness (QED) is 0.641. The van der Waals surface area contributed by atoms with Gasteiger partial charge in [0.25, 0.3) is 0 Å². The Morgan fingerprint density at radius 1 is 1.43 bits per heavy atom. The molecule has 0 aromatic carbocycles. The summed E-state index contributed by atoms with van der Waals surface area (Å²) in [5.74, 6) is -1.07. The Bertz CT molecular complexity index is 496. The molecule has 0 radical (unpaired) electrons. The molecule has 8 heteroatoms. The summed E-state index contributed by atoms with van der Waals surface area (Å²) in [7, 11) is 0. The fourth-order valence-corrected chi connectivity index (χ4v) is 2.37. The van der Waals surface area contributed by atoms with Crippen molar-refractivity contribution < 1.29 is 19.8 Å². The lowest BCUT2D eigenvalue weighted by atomic mass is 10.1. The van der Waals surface area contributed by atoms with Crippen molar-refractivity contribution in [2.24, 2.45) is 0 Å². The van der Waals surface area contributed by atoms with Crippen LogP contribution in [0.2, 0.25) is 0 Å². The molecule has 1 saturated heterocycles. The summed E-state index contributed by atoms with van der Waals surface area (Å²) >= 11 is 0. The number of nitrogens with zero attached hydrogens (tertiary/aromatic N) is 3. The third-order valence-electron chi connectivity index (χ3n) is 3.40. The number of hydrogen-bond acceptors (Lipinski definition) is 6. The average Bonchev–Trinajstić information content (AvgIpc) is 2.97. The third-order valence-corrected chi connectivity index (χ3v) is 3.40. The highest BCUT2D eigenvalue weighted by Crippen LogP contribution is 2.22. The maximum absolute atomic E-state index is 12.3. The van der Waals surface area contributed by atoms with Gasteiger partial charge in [0.05, 0.1) is 0 Å². The zero-order valence-electron chi connectivity index (χ0n) is 11.5. The van der Waals surface area contributed by atoms with Gasteiger partial charge >= 0.3 is 5.97 Å². The molecule has 1 aliphatic rings. The first-order valence-corrected chi connectivity index (χ1v) is 6.81. The fourth-order valence-electron chi connectivity index (χ4n) is 2.37. The number of aromatic nitrogens is 2. The molecule has 1 aromatic heterocycles. The van der Waals surface area contributed by atoms with E-state index < -0.39 is 18.1 Å². The Morgan fingerprint density at radius 3 is 2.76 bits per heavy atom. The Hall–Kier alpha value is -2.22. The number of carboxylic acids is 1. The van der Waals surface area contributed by atoms with Crippen molar-refractivity contribution in [1.82, 2.24) is 15.3 Å². The molecule has 2 rings (SSSR count). The summed E-state index contributed by atoms with van der Waals surface area (Å²) in [5, 5.41) is 20.3. The molecule has 1 aromatic rings. The van der Waals surface area contributed by atoms with Gasteiger partial charge in [0, 0.05) is 32.0 Å². The van der Waals surface area contributed by atoms with Crippen molar-refractivity contribution >= 4 is 17.8 Å². The van der Waals surface area contributed by atoms with Crippen LogP contribution in [0.3, 0.4) is 0 Å². The fraction of sp³-hybridized carbons (Fsp3) is 0.538. The van der Waals surface area contributed by atoms with Crippen LogP contribution in [0.1, 0.15) is 19.3 Å². The maximum atomic E-state index is 12.3. The number of carbonyl (C=O) groups excluding carboxylic acids is 1. The predicted molar refractivity (Wildman–Crippen MR) is 73.7 cm³/mol. The number of carboxylic acid groups (broad SMARTS) is 1. The van der Waals surface area contributed by atoms with E-state index in [4.69, 9.17) is 10.2 Å². The number of hydrogen-bond donors (Lipinski definition) is 3. The van der Waals surface area contributed by atoms with E-state index in [9.17, 15) is 9.59 Å². The van der Waals surface area contributed by atoms with Crippen molar-refractivity contribution in [3.63, 3.8) is 0 Å². The van der Waals surface area contributed by atoms with E-state index in [1.54, 1.807) is 23.4 Å². The second kappa shape index (κ2) is 6.98. The summed E-state index contributed by atoms with van der Waals surface area (Å²) in [6.07, 6.45) is 4.61.